The molecular formula is C14H25O2-. The van der Waals surface area contributed by atoms with Gasteiger partial charge in [-0.2, -0.15) is 0 Å². The highest BCUT2D eigenvalue weighted by Crippen LogP contribution is 2.35. The molecule has 94 valence electrons. The van der Waals surface area contributed by atoms with Crippen LogP contribution >= 0.6 is 0 Å². The minimum absolute atomic E-state index is 0.219. The number of hydrogen-bond acceptors (Lipinski definition) is 2. The lowest BCUT2D eigenvalue weighted by atomic mass is 9.74. The van der Waals surface area contributed by atoms with Crippen LogP contribution in [0.4, 0.5) is 0 Å². The average Bonchev–Trinajstić information content (AvgIpc) is 2.30. The van der Waals surface area contributed by atoms with Crippen molar-refractivity contribution in [3.63, 3.8) is 0 Å². The number of carbonyl (C=O) groups is 1. The van der Waals surface area contributed by atoms with Gasteiger partial charge in [-0.1, -0.05) is 58.8 Å². The Morgan fingerprint density at radius 3 is 2.44 bits per heavy atom. The fourth-order valence-corrected chi connectivity index (χ4v) is 3.01. The third kappa shape index (κ3) is 3.80. The van der Waals surface area contributed by atoms with E-state index in [-0.39, 0.29) is 5.92 Å². The van der Waals surface area contributed by atoms with Gasteiger partial charge in [-0.3, -0.25) is 0 Å². The summed E-state index contributed by atoms with van der Waals surface area (Å²) in [7, 11) is 0. The normalized spacial score (nSPS) is 21.6. The fourth-order valence-electron chi connectivity index (χ4n) is 3.01. The summed E-state index contributed by atoms with van der Waals surface area (Å²) in [5.41, 5.74) is 0. The Bertz CT molecular complexity index is 207. The molecule has 1 saturated carbocycles. The minimum Gasteiger partial charge on any atom is -0.550 e. The van der Waals surface area contributed by atoms with E-state index in [1.54, 1.807) is 0 Å². The molecule has 16 heavy (non-hydrogen) atoms. The Hall–Kier alpha value is -0.530. The zero-order valence-corrected chi connectivity index (χ0v) is 10.7. The average molecular weight is 225 g/mol. The van der Waals surface area contributed by atoms with E-state index in [1.807, 2.05) is 0 Å². The minimum atomic E-state index is -0.827. The van der Waals surface area contributed by atoms with Gasteiger partial charge in [-0.25, -0.2) is 0 Å². The smallest absolute Gasteiger partial charge is 0.0448 e. The van der Waals surface area contributed by atoms with E-state index in [0.29, 0.717) is 11.8 Å². The van der Waals surface area contributed by atoms with E-state index in [2.05, 4.69) is 13.8 Å². The molecule has 0 N–H and O–H groups in total. The zero-order chi connectivity index (χ0) is 12.0. The SMILES string of the molecule is CCCCC(C(=O)[O-])C(C)C1CCCCC1. The summed E-state index contributed by atoms with van der Waals surface area (Å²) in [6.07, 6.45) is 9.21. The van der Waals surface area contributed by atoms with Crippen LogP contribution in [0.2, 0.25) is 0 Å². The summed E-state index contributed by atoms with van der Waals surface area (Å²) in [6, 6.07) is 0. The molecule has 1 aliphatic rings. The van der Waals surface area contributed by atoms with Gasteiger partial charge in [0.2, 0.25) is 0 Å². The molecule has 0 radical (unpaired) electrons. The molecule has 0 aromatic rings. The van der Waals surface area contributed by atoms with Crippen LogP contribution in [0.5, 0.6) is 0 Å². The molecule has 0 bridgehead atoms. The molecule has 2 unspecified atom stereocenters. The van der Waals surface area contributed by atoms with Gasteiger partial charge in [0.05, 0.1) is 0 Å². The molecule has 1 rings (SSSR count). The highest BCUT2D eigenvalue weighted by Gasteiger charge is 2.27. The number of unbranched alkanes of at least 4 members (excludes halogenated alkanes) is 1. The number of hydrogen-bond donors (Lipinski definition) is 0. The number of carbonyl (C=O) groups excluding carboxylic acids is 1. The van der Waals surface area contributed by atoms with Crippen molar-refractivity contribution < 1.29 is 9.90 Å². The van der Waals surface area contributed by atoms with Gasteiger partial charge < -0.3 is 9.90 Å². The van der Waals surface area contributed by atoms with E-state index in [9.17, 15) is 9.90 Å². The molecule has 0 aliphatic heterocycles. The van der Waals surface area contributed by atoms with Gasteiger partial charge in [0.25, 0.3) is 0 Å². The molecule has 1 fully saturated rings. The van der Waals surface area contributed by atoms with Gasteiger partial charge in [0, 0.05) is 11.9 Å². The molecule has 0 aromatic carbocycles. The lowest BCUT2D eigenvalue weighted by Crippen LogP contribution is -2.38. The molecule has 0 amide bonds. The summed E-state index contributed by atoms with van der Waals surface area (Å²) in [5.74, 6) is -0.125. The maximum atomic E-state index is 11.2. The quantitative estimate of drug-likeness (QED) is 0.697. The van der Waals surface area contributed by atoms with Gasteiger partial charge in [-0.05, 0) is 18.3 Å². The Balaban J connectivity index is 2.50. The lowest BCUT2D eigenvalue weighted by Gasteiger charge is -2.34. The van der Waals surface area contributed by atoms with Crippen LogP contribution in [0.25, 0.3) is 0 Å². The Kier molecular flexibility index (Phi) is 5.86. The van der Waals surface area contributed by atoms with E-state index in [1.165, 1.54) is 32.1 Å². The summed E-state index contributed by atoms with van der Waals surface area (Å²) >= 11 is 0. The summed E-state index contributed by atoms with van der Waals surface area (Å²) in [6.45, 7) is 4.23. The first-order chi connectivity index (χ1) is 7.66. The molecule has 0 aromatic heterocycles. The third-order valence-electron chi connectivity index (χ3n) is 4.20. The van der Waals surface area contributed by atoms with Crippen LogP contribution in [-0.2, 0) is 4.79 Å². The van der Waals surface area contributed by atoms with E-state index in [0.717, 1.165) is 19.3 Å². The maximum absolute atomic E-state index is 11.2. The van der Waals surface area contributed by atoms with E-state index < -0.39 is 5.97 Å². The van der Waals surface area contributed by atoms with Crippen molar-refractivity contribution in [3.05, 3.63) is 0 Å². The predicted molar refractivity (Wildman–Crippen MR) is 63.8 cm³/mol. The fraction of sp³-hybridized carbons (Fsp3) is 0.929. The first-order valence-corrected chi connectivity index (χ1v) is 6.87. The first kappa shape index (κ1) is 13.5. The monoisotopic (exact) mass is 225 g/mol. The van der Waals surface area contributed by atoms with E-state index >= 15 is 0 Å². The number of aliphatic carboxylic acids is 1. The Labute approximate surface area is 99.4 Å². The molecule has 0 saturated heterocycles. The van der Waals surface area contributed by atoms with Crippen molar-refractivity contribution >= 4 is 5.97 Å². The molecule has 2 atom stereocenters. The van der Waals surface area contributed by atoms with Gasteiger partial charge in [0.15, 0.2) is 0 Å². The highest BCUT2D eigenvalue weighted by atomic mass is 16.4. The molecule has 2 nitrogen and oxygen atoms in total. The zero-order valence-electron chi connectivity index (χ0n) is 10.7. The van der Waals surface area contributed by atoms with Crippen LogP contribution in [0, 0.1) is 17.8 Å². The van der Waals surface area contributed by atoms with Gasteiger partial charge >= 0.3 is 0 Å². The predicted octanol–water partition coefficient (Wildman–Crippen LogP) is 2.76. The van der Waals surface area contributed by atoms with Crippen LogP contribution in [-0.4, -0.2) is 5.97 Å². The molecule has 0 heterocycles. The Morgan fingerprint density at radius 2 is 1.94 bits per heavy atom. The topological polar surface area (TPSA) is 40.1 Å². The van der Waals surface area contributed by atoms with Crippen molar-refractivity contribution in [2.75, 3.05) is 0 Å². The van der Waals surface area contributed by atoms with Crippen molar-refractivity contribution in [1.29, 1.82) is 0 Å². The third-order valence-corrected chi connectivity index (χ3v) is 4.20. The van der Waals surface area contributed by atoms with Crippen molar-refractivity contribution in [1.82, 2.24) is 0 Å². The van der Waals surface area contributed by atoms with Gasteiger partial charge in [-0.15, -0.1) is 0 Å². The number of carboxylic acid groups (broad SMARTS) is 1. The van der Waals surface area contributed by atoms with Crippen LogP contribution in [0.1, 0.15) is 65.2 Å². The van der Waals surface area contributed by atoms with Crippen molar-refractivity contribution in [3.8, 4) is 0 Å². The summed E-state index contributed by atoms with van der Waals surface area (Å²) in [5, 5.41) is 11.2. The Morgan fingerprint density at radius 1 is 1.31 bits per heavy atom. The molecule has 1 aliphatic carbocycles. The number of rotatable bonds is 6. The molecule has 0 spiro atoms. The highest BCUT2D eigenvalue weighted by molar-refractivity contribution is 5.67. The largest absolute Gasteiger partial charge is 0.550 e. The van der Waals surface area contributed by atoms with Crippen molar-refractivity contribution in [2.45, 2.75) is 65.2 Å². The maximum Gasteiger partial charge on any atom is 0.0448 e. The second-order valence-electron chi connectivity index (χ2n) is 5.32. The molecular weight excluding hydrogens is 200 g/mol. The van der Waals surface area contributed by atoms with Crippen LogP contribution < -0.4 is 5.11 Å². The van der Waals surface area contributed by atoms with Gasteiger partial charge in [0.1, 0.15) is 0 Å². The summed E-state index contributed by atoms with van der Waals surface area (Å²) in [4.78, 5) is 11.2. The second kappa shape index (κ2) is 6.93. The van der Waals surface area contributed by atoms with Crippen molar-refractivity contribution in [2.24, 2.45) is 17.8 Å². The molecule has 2 heteroatoms. The lowest BCUT2D eigenvalue weighted by molar-refractivity contribution is -0.314. The van der Waals surface area contributed by atoms with Crippen LogP contribution in [0.3, 0.4) is 0 Å². The standard InChI is InChI=1S/C14H26O2/c1-3-4-10-13(14(15)16)11(2)12-8-6-5-7-9-12/h11-13H,3-10H2,1-2H3,(H,15,16)/p-1. The van der Waals surface area contributed by atoms with Crippen LogP contribution in [0.15, 0.2) is 0 Å². The first-order valence-electron chi connectivity index (χ1n) is 6.87. The second-order valence-corrected chi connectivity index (χ2v) is 5.32. The summed E-state index contributed by atoms with van der Waals surface area (Å²) < 4.78 is 0. The van der Waals surface area contributed by atoms with E-state index in [4.69, 9.17) is 0 Å². The number of carboxylic acids is 1.